The van der Waals surface area contributed by atoms with Crippen molar-refractivity contribution in [2.24, 2.45) is 0 Å². The molecule has 1 N–H and O–H groups in total. The summed E-state index contributed by atoms with van der Waals surface area (Å²) in [6.45, 7) is 4.54. The van der Waals surface area contributed by atoms with Crippen LogP contribution in [0, 0.1) is 37.7 Å². The zero-order chi connectivity index (χ0) is 13.9. The van der Waals surface area contributed by atoms with Crippen LogP contribution in [-0.4, -0.2) is 57.3 Å². The monoisotopic (exact) mass is 509 g/mol. The van der Waals surface area contributed by atoms with Gasteiger partial charge in [0.1, 0.15) is 0 Å². The molecule has 116 valence electrons. The number of unbranched alkanes of at least 4 members (excludes halogenated alkanes) is 3. The normalized spacial score (nSPS) is 18.7. The standard InChI is InChI=1S/C14H27N2O3.U/c1-15-8-6-4-3-5-7-14(17)16-9-10-19-13(11-16)12-18-2;/h10,13,15H,3-9,11-12H2,1-2H3;/q-1;. The first-order valence-corrected chi connectivity index (χ1v) is 7.16. The number of methoxy groups -OCH3 is 1. The molecule has 20 heavy (non-hydrogen) atoms. The maximum absolute atomic E-state index is 12.0. The average molecular weight is 509 g/mol. The summed E-state index contributed by atoms with van der Waals surface area (Å²) in [7, 11) is 3.62. The van der Waals surface area contributed by atoms with Crippen molar-refractivity contribution in [3.63, 3.8) is 0 Å². The molecular formula is C14H27N2O3U-. The third-order valence-electron chi connectivity index (χ3n) is 3.28. The van der Waals surface area contributed by atoms with Crippen LogP contribution in [0.3, 0.4) is 0 Å². The summed E-state index contributed by atoms with van der Waals surface area (Å²) in [5.41, 5.74) is 0. The number of hydrogen-bond donors (Lipinski definition) is 1. The second kappa shape index (κ2) is 13.1. The molecule has 0 aromatic carbocycles. The number of ether oxygens (including phenoxy) is 2. The van der Waals surface area contributed by atoms with Gasteiger partial charge in [-0.05, 0) is 26.4 Å². The molecule has 0 aromatic rings. The first-order valence-electron chi connectivity index (χ1n) is 7.16. The number of morpholine rings is 1. The van der Waals surface area contributed by atoms with Crippen molar-refractivity contribution in [3.8, 4) is 0 Å². The fraction of sp³-hybridized carbons (Fsp3) is 0.857. The molecule has 0 saturated carbocycles. The summed E-state index contributed by atoms with van der Waals surface area (Å²) in [6.07, 6.45) is 5.12. The topological polar surface area (TPSA) is 50.8 Å². The van der Waals surface area contributed by atoms with Gasteiger partial charge in [0.05, 0.1) is 12.7 Å². The van der Waals surface area contributed by atoms with Crippen molar-refractivity contribution in [2.45, 2.75) is 38.2 Å². The van der Waals surface area contributed by atoms with Crippen LogP contribution < -0.4 is 5.32 Å². The zero-order valence-electron chi connectivity index (χ0n) is 12.7. The molecule has 0 spiro atoms. The molecule has 1 saturated heterocycles. The molecule has 0 aromatic heterocycles. The van der Waals surface area contributed by atoms with Crippen molar-refractivity contribution in [1.29, 1.82) is 0 Å². The van der Waals surface area contributed by atoms with Crippen molar-refractivity contribution >= 4 is 5.91 Å². The number of carbonyl (C=O) groups excluding carboxylic acids is 1. The molecule has 1 unspecified atom stereocenters. The molecule has 1 aliphatic heterocycles. The number of carbonyl (C=O) groups is 1. The van der Waals surface area contributed by atoms with Crippen LogP contribution in [0.2, 0.25) is 0 Å². The Morgan fingerprint density at radius 3 is 2.85 bits per heavy atom. The van der Waals surface area contributed by atoms with E-state index >= 15 is 0 Å². The van der Waals surface area contributed by atoms with Gasteiger partial charge in [-0.15, -0.1) is 0 Å². The first-order chi connectivity index (χ1) is 9.27. The molecule has 1 aliphatic rings. The molecule has 1 amide bonds. The van der Waals surface area contributed by atoms with Crippen LogP contribution in [0.25, 0.3) is 0 Å². The number of nitrogens with one attached hydrogen (secondary N) is 1. The van der Waals surface area contributed by atoms with E-state index < -0.39 is 0 Å². The molecule has 6 heteroatoms. The van der Waals surface area contributed by atoms with Gasteiger partial charge in [0, 0.05) is 51.2 Å². The second-order valence-corrected chi connectivity index (χ2v) is 4.95. The van der Waals surface area contributed by atoms with Gasteiger partial charge < -0.3 is 19.7 Å². The Kier molecular flexibility index (Phi) is 13.4. The van der Waals surface area contributed by atoms with Gasteiger partial charge >= 0.3 is 0 Å². The fourth-order valence-corrected chi connectivity index (χ4v) is 2.20. The molecule has 1 fully saturated rings. The largest absolute Gasteiger partial charge is 0.545 e. The summed E-state index contributed by atoms with van der Waals surface area (Å²) >= 11 is 0. The Balaban J connectivity index is 0.00000361. The molecule has 0 radical (unpaired) electrons. The summed E-state index contributed by atoms with van der Waals surface area (Å²) in [5, 5.41) is 3.13. The number of rotatable bonds is 9. The molecule has 0 aliphatic carbocycles. The van der Waals surface area contributed by atoms with Gasteiger partial charge in [-0.25, -0.2) is 0 Å². The van der Waals surface area contributed by atoms with E-state index in [9.17, 15) is 4.79 Å². The van der Waals surface area contributed by atoms with E-state index in [-0.39, 0.29) is 43.1 Å². The van der Waals surface area contributed by atoms with Crippen molar-refractivity contribution < 1.29 is 45.4 Å². The number of nitrogens with zero attached hydrogens (tertiary/aromatic N) is 1. The predicted molar refractivity (Wildman–Crippen MR) is 74.6 cm³/mol. The number of hydrogen-bond acceptors (Lipinski definition) is 4. The Morgan fingerprint density at radius 1 is 1.40 bits per heavy atom. The van der Waals surface area contributed by atoms with E-state index in [2.05, 4.69) is 5.32 Å². The molecular weight excluding hydrogens is 482 g/mol. The molecule has 1 atom stereocenters. The quantitative estimate of drug-likeness (QED) is 0.375. The Bertz CT molecular complexity index is 253. The maximum atomic E-state index is 12.0. The van der Waals surface area contributed by atoms with Gasteiger partial charge in [-0.3, -0.25) is 4.79 Å². The fourth-order valence-electron chi connectivity index (χ4n) is 2.20. The van der Waals surface area contributed by atoms with E-state index in [1.807, 2.05) is 11.9 Å². The Labute approximate surface area is 146 Å². The summed E-state index contributed by atoms with van der Waals surface area (Å²) < 4.78 is 10.5. The minimum absolute atomic E-state index is 0. The van der Waals surface area contributed by atoms with Crippen molar-refractivity contribution in [3.05, 3.63) is 6.61 Å². The number of amides is 1. The minimum atomic E-state index is -0.0154. The second-order valence-electron chi connectivity index (χ2n) is 4.95. The van der Waals surface area contributed by atoms with E-state index in [1.54, 1.807) is 13.7 Å². The summed E-state index contributed by atoms with van der Waals surface area (Å²) in [5.74, 6) is 0.231. The van der Waals surface area contributed by atoms with Crippen LogP contribution in [0.4, 0.5) is 0 Å². The van der Waals surface area contributed by atoms with Crippen LogP contribution in [0.15, 0.2) is 0 Å². The summed E-state index contributed by atoms with van der Waals surface area (Å²) in [6, 6.07) is 0. The maximum Gasteiger partial charge on any atom is 0.220 e. The van der Waals surface area contributed by atoms with Gasteiger partial charge in [0.15, 0.2) is 0 Å². The zero-order valence-corrected chi connectivity index (χ0v) is 16.9. The van der Waals surface area contributed by atoms with Gasteiger partial charge in [-0.2, -0.15) is 6.61 Å². The van der Waals surface area contributed by atoms with E-state index in [1.165, 1.54) is 12.8 Å². The first kappa shape index (κ1) is 20.4. The SMILES string of the molecule is CNCCCCCCC(=O)N1C[CH-]OC(COC)C1.[U]. The van der Waals surface area contributed by atoms with Crippen LogP contribution in [-0.2, 0) is 14.3 Å². The third kappa shape index (κ3) is 8.64. The van der Waals surface area contributed by atoms with E-state index in [0.29, 0.717) is 26.1 Å². The predicted octanol–water partition coefficient (Wildman–Crippen LogP) is 1.19. The van der Waals surface area contributed by atoms with E-state index in [0.717, 1.165) is 19.4 Å². The molecule has 1 heterocycles. The smallest absolute Gasteiger partial charge is 0.220 e. The van der Waals surface area contributed by atoms with Crippen LogP contribution in [0.5, 0.6) is 0 Å². The molecule has 1 rings (SSSR count). The van der Waals surface area contributed by atoms with Crippen LogP contribution in [0.1, 0.15) is 32.1 Å². The van der Waals surface area contributed by atoms with Crippen molar-refractivity contribution in [2.75, 3.05) is 40.4 Å². The Hall–Kier alpha value is 0.402. The van der Waals surface area contributed by atoms with Gasteiger partial charge in [0.25, 0.3) is 0 Å². The molecule has 5 nitrogen and oxygen atoms in total. The van der Waals surface area contributed by atoms with Gasteiger partial charge in [-0.1, -0.05) is 19.4 Å². The van der Waals surface area contributed by atoms with Crippen LogP contribution >= 0.6 is 0 Å². The van der Waals surface area contributed by atoms with Crippen molar-refractivity contribution in [1.82, 2.24) is 10.2 Å². The summed E-state index contributed by atoms with van der Waals surface area (Å²) in [4.78, 5) is 13.9. The van der Waals surface area contributed by atoms with E-state index in [4.69, 9.17) is 9.47 Å². The Morgan fingerprint density at radius 2 is 2.15 bits per heavy atom. The average Bonchev–Trinajstić information content (AvgIpc) is 2.43. The van der Waals surface area contributed by atoms with Gasteiger partial charge in [0.2, 0.25) is 5.91 Å². The molecule has 0 bridgehead atoms. The third-order valence-corrected chi connectivity index (χ3v) is 3.28. The minimum Gasteiger partial charge on any atom is -0.545 e.